The van der Waals surface area contributed by atoms with E-state index in [1.54, 1.807) is 0 Å². The predicted octanol–water partition coefficient (Wildman–Crippen LogP) is 9.85. The number of allylic oxidation sites excluding steroid dienone is 1. The van der Waals surface area contributed by atoms with E-state index in [0.29, 0.717) is 5.82 Å². The third kappa shape index (κ3) is 4.06. The number of pyridine rings is 1. The topological polar surface area (TPSA) is 51.0 Å². The Labute approximate surface area is 255 Å². The zero-order valence-corrected chi connectivity index (χ0v) is 24.2. The van der Waals surface area contributed by atoms with Crippen molar-refractivity contribution in [3.8, 4) is 33.8 Å². The molecule has 0 fully saturated rings. The third-order valence-corrected chi connectivity index (χ3v) is 9.21. The van der Waals surface area contributed by atoms with Crippen LogP contribution in [0.15, 0.2) is 126 Å². The summed E-state index contributed by atoms with van der Waals surface area (Å²) in [6, 6.07) is 37.2. The first-order valence-corrected chi connectivity index (χ1v) is 15.3. The largest absolute Gasteiger partial charge is 0.259 e. The fourth-order valence-electron chi connectivity index (χ4n) is 6.93. The van der Waals surface area contributed by atoms with Gasteiger partial charge in [-0.15, -0.1) is 0 Å². The van der Waals surface area contributed by atoms with Gasteiger partial charge in [0.05, 0.1) is 11.4 Å². The lowest BCUT2D eigenvalue weighted by Gasteiger charge is -2.22. The summed E-state index contributed by atoms with van der Waals surface area (Å²) in [5, 5.41) is 7.74. The molecule has 0 radical (unpaired) electrons. The minimum Gasteiger partial charge on any atom is -0.259 e. The highest BCUT2D eigenvalue weighted by molar-refractivity contribution is 6.25. The summed E-state index contributed by atoms with van der Waals surface area (Å²) in [6.45, 7) is 0. The van der Waals surface area contributed by atoms with Crippen molar-refractivity contribution in [2.75, 3.05) is 0 Å². The molecule has 1 aliphatic heterocycles. The number of hydrogen-bond acceptors (Lipinski definition) is 4. The van der Waals surface area contributed by atoms with E-state index in [2.05, 4.69) is 97.1 Å². The van der Waals surface area contributed by atoms with Crippen LogP contribution in [0.5, 0.6) is 0 Å². The van der Waals surface area contributed by atoms with Gasteiger partial charge in [-0.1, -0.05) is 91.0 Å². The first-order valence-electron chi connectivity index (χ1n) is 15.3. The number of aryl methyl sites for hydroxylation is 1. The molecule has 0 amide bonds. The standard InChI is InChI=1S/C40H28N4/c1-2-9-33-31(7-1)32-8-3-4-10-34(32)36-22-29(17-19-35(33)36)25-11-13-26(14-12-25)30-23-42-40(43-24-30)37-20-18-28-16-15-27-6-5-21-41-38(27)39(28)44-37/h1-4,7-14,17-24H,5-6,15-16H2. The maximum absolute atomic E-state index is 4.98. The fourth-order valence-corrected chi connectivity index (χ4v) is 6.93. The summed E-state index contributed by atoms with van der Waals surface area (Å²) in [5.41, 5.74) is 9.99. The molecule has 44 heavy (non-hydrogen) atoms. The second kappa shape index (κ2) is 10.1. The molecule has 2 aliphatic rings. The van der Waals surface area contributed by atoms with Gasteiger partial charge < -0.3 is 0 Å². The van der Waals surface area contributed by atoms with Crippen molar-refractivity contribution in [2.45, 2.75) is 25.7 Å². The number of aromatic nitrogens is 3. The van der Waals surface area contributed by atoms with Crippen LogP contribution in [0.25, 0.3) is 71.8 Å². The summed E-state index contributed by atoms with van der Waals surface area (Å²) < 4.78 is 0. The van der Waals surface area contributed by atoms with Gasteiger partial charge in [0.2, 0.25) is 0 Å². The zero-order valence-electron chi connectivity index (χ0n) is 24.2. The molecule has 4 nitrogen and oxygen atoms in total. The quantitative estimate of drug-likeness (QED) is 0.201. The smallest absolute Gasteiger partial charge is 0.178 e. The van der Waals surface area contributed by atoms with Gasteiger partial charge in [-0.3, -0.25) is 4.99 Å². The van der Waals surface area contributed by atoms with Crippen molar-refractivity contribution < 1.29 is 0 Å². The van der Waals surface area contributed by atoms with E-state index in [4.69, 9.17) is 19.9 Å². The SMILES string of the molecule is C1=NC2=C(CC1)CCc1ccc(-c3ncc(-c4ccc(-c5ccc6c7ccccc7c7ccccc7c6c5)cc4)cn3)nc12. The molecule has 0 saturated heterocycles. The lowest BCUT2D eigenvalue weighted by molar-refractivity contribution is 0.825. The molecular weight excluding hydrogens is 536 g/mol. The highest BCUT2D eigenvalue weighted by Gasteiger charge is 2.22. The van der Waals surface area contributed by atoms with Gasteiger partial charge in [0.25, 0.3) is 0 Å². The van der Waals surface area contributed by atoms with Crippen molar-refractivity contribution >= 4 is 44.2 Å². The normalized spacial score (nSPS) is 14.3. The molecule has 5 aromatic carbocycles. The zero-order chi connectivity index (χ0) is 29.0. The molecular formula is C40H28N4. The second-order valence-corrected chi connectivity index (χ2v) is 11.7. The van der Waals surface area contributed by atoms with Gasteiger partial charge in [-0.05, 0) is 98.0 Å². The van der Waals surface area contributed by atoms with Gasteiger partial charge in [-0.2, -0.15) is 0 Å². The van der Waals surface area contributed by atoms with Crippen molar-refractivity contribution in [3.05, 3.63) is 132 Å². The highest BCUT2D eigenvalue weighted by atomic mass is 14.9. The Morgan fingerprint density at radius 3 is 1.82 bits per heavy atom. The van der Waals surface area contributed by atoms with Gasteiger partial charge in [-0.25, -0.2) is 15.0 Å². The molecule has 0 unspecified atom stereocenters. The lowest BCUT2D eigenvalue weighted by Crippen LogP contribution is -2.10. The number of rotatable bonds is 3. The van der Waals surface area contributed by atoms with E-state index in [1.807, 2.05) is 24.7 Å². The van der Waals surface area contributed by atoms with Crippen LogP contribution in [0.4, 0.5) is 0 Å². The molecule has 9 rings (SSSR count). The van der Waals surface area contributed by atoms with Gasteiger partial charge >= 0.3 is 0 Å². The number of benzene rings is 5. The lowest BCUT2D eigenvalue weighted by atomic mass is 9.89. The summed E-state index contributed by atoms with van der Waals surface area (Å²) in [5.74, 6) is 0.636. The van der Waals surface area contributed by atoms with Crippen molar-refractivity contribution in [1.82, 2.24) is 15.0 Å². The minimum absolute atomic E-state index is 0.636. The molecule has 0 N–H and O–H groups in total. The molecule has 0 spiro atoms. The van der Waals surface area contributed by atoms with Gasteiger partial charge in [0, 0.05) is 24.2 Å². The van der Waals surface area contributed by atoms with Crippen LogP contribution >= 0.6 is 0 Å². The van der Waals surface area contributed by atoms with Crippen molar-refractivity contribution in [1.29, 1.82) is 0 Å². The van der Waals surface area contributed by atoms with Crippen LogP contribution in [0.1, 0.15) is 30.5 Å². The third-order valence-electron chi connectivity index (χ3n) is 9.21. The first kappa shape index (κ1) is 25.1. The monoisotopic (exact) mass is 564 g/mol. The Balaban J connectivity index is 1.03. The molecule has 0 atom stereocenters. The molecule has 0 saturated carbocycles. The Hall–Kier alpha value is -5.48. The van der Waals surface area contributed by atoms with Gasteiger partial charge in [0.1, 0.15) is 5.69 Å². The maximum atomic E-state index is 4.98. The molecule has 2 aromatic heterocycles. The molecule has 0 bridgehead atoms. The molecule has 4 heteroatoms. The second-order valence-electron chi connectivity index (χ2n) is 11.7. The highest BCUT2D eigenvalue weighted by Crippen LogP contribution is 2.38. The van der Waals surface area contributed by atoms with Crippen LogP contribution in [0.2, 0.25) is 0 Å². The van der Waals surface area contributed by atoms with Crippen molar-refractivity contribution in [3.63, 3.8) is 0 Å². The Morgan fingerprint density at radius 1 is 0.500 bits per heavy atom. The Bertz CT molecular complexity index is 2280. The number of nitrogens with zero attached hydrogens (tertiary/aromatic N) is 4. The first-order chi connectivity index (χ1) is 21.8. The molecule has 7 aromatic rings. The fraction of sp³-hybridized carbons (Fsp3) is 0.100. The number of fused-ring (bicyclic) bond motifs is 8. The van der Waals surface area contributed by atoms with Crippen LogP contribution < -0.4 is 0 Å². The van der Waals surface area contributed by atoms with Crippen LogP contribution in [-0.4, -0.2) is 21.2 Å². The van der Waals surface area contributed by atoms with Crippen LogP contribution in [0, 0.1) is 0 Å². The summed E-state index contributed by atoms with van der Waals surface area (Å²) >= 11 is 0. The van der Waals surface area contributed by atoms with E-state index < -0.39 is 0 Å². The summed E-state index contributed by atoms with van der Waals surface area (Å²) in [7, 11) is 0. The Morgan fingerprint density at radius 2 is 1.11 bits per heavy atom. The van der Waals surface area contributed by atoms with E-state index in [-0.39, 0.29) is 0 Å². The molecule has 1 aliphatic carbocycles. The predicted molar refractivity (Wildman–Crippen MR) is 182 cm³/mol. The van der Waals surface area contributed by atoms with E-state index in [1.165, 1.54) is 54.6 Å². The maximum Gasteiger partial charge on any atom is 0.178 e. The molecule has 3 heterocycles. The number of aliphatic imine (C=N–C) groups is 1. The van der Waals surface area contributed by atoms with E-state index in [0.717, 1.165) is 53.9 Å². The van der Waals surface area contributed by atoms with Crippen molar-refractivity contribution in [2.24, 2.45) is 4.99 Å². The Kier molecular flexibility index (Phi) is 5.73. The number of hydrogen-bond donors (Lipinski definition) is 0. The summed E-state index contributed by atoms with van der Waals surface area (Å²) in [6.07, 6.45) is 10.0. The van der Waals surface area contributed by atoms with E-state index >= 15 is 0 Å². The van der Waals surface area contributed by atoms with Gasteiger partial charge in [0.15, 0.2) is 5.82 Å². The average Bonchev–Trinajstić information content (AvgIpc) is 3.11. The van der Waals surface area contributed by atoms with Crippen LogP contribution in [0.3, 0.4) is 0 Å². The minimum atomic E-state index is 0.636. The average molecular weight is 565 g/mol. The molecule has 208 valence electrons. The van der Waals surface area contributed by atoms with E-state index in [9.17, 15) is 0 Å². The summed E-state index contributed by atoms with van der Waals surface area (Å²) in [4.78, 5) is 19.1. The van der Waals surface area contributed by atoms with Crippen LogP contribution in [-0.2, 0) is 6.42 Å².